The highest BCUT2D eigenvalue weighted by atomic mass is 28.4. The molecule has 0 aromatic heterocycles. The molecule has 1 rings (SSSR count). The number of aryl methyl sites for hydroxylation is 1. The van der Waals surface area contributed by atoms with Crippen LogP contribution in [0.5, 0.6) is 0 Å². The molecule has 23 heavy (non-hydrogen) atoms. The molecular weight excluding hydrogens is 310 g/mol. The van der Waals surface area contributed by atoms with Gasteiger partial charge in [0.2, 0.25) is 0 Å². The van der Waals surface area contributed by atoms with Crippen molar-refractivity contribution in [2.45, 2.75) is 40.2 Å². The summed E-state index contributed by atoms with van der Waals surface area (Å²) in [6, 6.07) is 8.28. The monoisotopic (exact) mass is 339 g/mol. The predicted octanol–water partition coefficient (Wildman–Crippen LogP) is 3.16. The summed E-state index contributed by atoms with van der Waals surface area (Å²) < 4.78 is 17.4. The highest BCUT2D eigenvalue weighted by Gasteiger charge is 2.39. The molecule has 130 valence electrons. The van der Waals surface area contributed by atoms with Crippen LogP contribution in [-0.4, -0.2) is 41.1 Å². The van der Waals surface area contributed by atoms with E-state index in [0.717, 1.165) is 17.5 Å². The van der Waals surface area contributed by atoms with Crippen molar-refractivity contribution in [1.82, 2.24) is 5.32 Å². The first-order chi connectivity index (χ1) is 11.1. The van der Waals surface area contributed by atoms with Gasteiger partial charge in [-0.2, -0.15) is 0 Å². The number of hydrogen-bond donors (Lipinski definition) is 1. The molecule has 1 amide bonds. The van der Waals surface area contributed by atoms with Gasteiger partial charge in [-0.05, 0) is 45.7 Å². The largest absolute Gasteiger partial charge is 0.500 e. The van der Waals surface area contributed by atoms with Gasteiger partial charge in [0.15, 0.2) is 0 Å². The van der Waals surface area contributed by atoms with Crippen LogP contribution in [0.4, 0.5) is 0 Å². The van der Waals surface area contributed by atoms with Crippen LogP contribution >= 0.6 is 0 Å². The molecule has 0 aliphatic rings. The van der Waals surface area contributed by atoms with Crippen molar-refractivity contribution >= 4 is 14.7 Å². The minimum Gasteiger partial charge on any atom is -0.374 e. The van der Waals surface area contributed by atoms with Gasteiger partial charge in [-0.25, -0.2) is 0 Å². The van der Waals surface area contributed by atoms with E-state index in [1.807, 2.05) is 52.0 Å². The molecule has 0 spiro atoms. The summed E-state index contributed by atoms with van der Waals surface area (Å²) in [4.78, 5) is 12.2. The Bertz CT molecular complexity index is 464. The third kappa shape index (κ3) is 6.43. The van der Waals surface area contributed by atoms with Crippen LogP contribution in [0.15, 0.2) is 24.3 Å². The first-order valence-electron chi connectivity index (χ1n) is 8.34. The maximum absolute atomic E-state index is 12.2. The summed E-state index contributed by atoms with van der Waals surface area (Å²) >= 11 is 0. The van der Waals surface area contributed by atoms with Crippen molar-refractivity contribution in [1.29, 1.82) is 0 Å². The lowest BCUT2D eigenvalue weighted by Crippen LogP contribution is -2.46. The molecule has 0 aliphatic carbocycles. The lowest BCUT2D eigenvalue weighted by molar-refractivity contribution is 0.0704. The smallest absolute Gasteiger partial charge is 0.374 e. The minimum absolute atomic E-state index is 0.0420. The summed E-state index contributed by atoms with van der Waals surface area (Å²) in [5.74, 6) is -0.0420. The Morgan fingerprint density at radius 2 is 1.61 bits per heavy atom. The average Bonchev–Trinajstić information content (AvgIpc) is 2.52. The number of hydrogen-bond acceptors (Lipinski definition) is 4. The zero-order chi connectivity index (χ0) is 17.1. The molecule has 0 unspecified atom stereocenters. The quantitative estimate of drug-likeness (QED) is 0.497. The Labute approximate surface area is 140 Å². The van der Waals surface area contributed by atoms with E-state index in [-0.39, 0.29) is 5.91 Å². The van der Waals surface area contributed by atoms with E-state index in [1.165, 1.54) is 0 Å². The van der Waals surface area contributed by atoms with Gasteiger partial charge in [0.1, 0.15) is 0 Å². The summed E-state index contributed by atoms with van der Waals surface area (Å²) in [6.45, 7) is 10.1. The standard InChI is InChI=1S/C17H29NO4Si/c1-5-20-23(21-6-2,22-7-3)14-10-13-18-17(19)16-12-9-8-11-15(16)4/h8-9,11-12H,5-7,10,13-14H2,1-4H3,(H,18,19). The Morgan fingerprint density at radius 3 is 2.13 bits per heavy atom. The summed E-state index contributed by atoms with van der Waals surface area (Å²) in [6.07, 6.45) is 0.768. The third-order valence-corrected chi connectivity index (χ3v) is 6.58. The molecular formula is C17H29NO4Si. The molecule has 0 atom stereocenters. The Hall–Kier alpha value is -1.21. The number of nitrogens with one attached hydrogen (secondary N) is 1. The van der Waals surface area contributed by atoms with Gasteiger partial charge >= 0.3 is 8.80 Å². The Balaban J connectivity index is 2.50. The topological polar surface area (TPSA) is 56.8 Å². The maximum Gasteiger partial charge on any atom is 0.500 e. The fourth-order valence-corrected chi connectivity index (χ4v) is 5.04. The number of carbonyl (C=O) groups is 1. The summed E-state index contributed by atoms with van der Waals surface area (Å²) in [7, 11) is -2.61. The van der Waals surface area contributed by atoms with Crippen molar-refractivity contribution in [3.8, 4) is 0 Å². The lowest BCUT2D eigenvalue weighted by atomic mass is 10.1. The van der Waals surface area contributed by atoms with Crippen LogP contribution in [0.3, 0.4) is 0 Å². The second-order valence-electron chi connectivity index (χ2n) is 5.16. The van der Waals surface area contributed by atoms with Crippen molar-refractivity contribution in [3.63, 3.8) is 0 Å². The maximum atomic E-state index is 12.2. The van der Waals surface area contributed by atoms with Gasteiger partial charge in [0.25, 0.3) is 5.91 Å². The second-order valence-corrected chi connectivity index (χ2v) is 7.89. The van der Waals surface area contributed by atoms with Gasteiger partial charge in [-0.1, -0.05) is 18.2 Å². The first-order valence-corrected chi connectivity index (χ1v) is 10.3. The first kappa shape index (κ1) is 19.8. The van der Waals surface area contributed by atoms with E-state index < -0.39 is 8.80 Å². The predicted molar refractivity (Wildman–Crippen MR) is 93.6 cm³/mol. The van der Waals surface area contributed by atoms with Gasteiger partial charge in [0, 0.05) is 38.0 Å². The number of carbonyl (C=O) groups excluding carboxylic acids is 1. The van der Waals surface area contributed by atoms with Crippen LogP contribution in [0, 0.1) is 6.92 Å². The molecule has 0 saturated carbocycles. The van der Waals surface area contributed by atoms with Crippen molar-refractivity contribution < 1.29 is 18.1 Å². The minimum atomic E-state index is -2.61. The third-order valence-electron chi connectivity index (χ3n) is 3.43. The van der Waals surface area contributed by atoms with E-state index >= 15 is 0 Å². The molecule has 0 saturated heterocycles. The van der Waals surface area contributed by atoms with E-state index in [1.54, 1.807) is 0 Å². The van der Waals surface area contributed by atoms with Crippen LogP contribution in [-0.2, 0) is 13.3 Å². The molecule has 0 aliphatic heterocycles. The van der Waals surface area contributed by atoms with Gasteiger partial charge in [0.05, 0.1) is 0 Å². The van der Waals surface area contributed by atoms with Crippen LogP contribution < -0.4 is 5.32 Å². The second kappa shape index (κ2) is 10.5. The van der Waals surface area contributed by atoms with Crippen molar-refractivity contribution in [3.05, 3.63) is 35.4 Å². The molecule has 1 N–H and O–H groups in total. The molecule has 0 heterocycles. The molecule has 1 aromatic carbocycles. The van der Waals surface area contributed by atoms with Crippen LogP contribution in [0.25, 0.3) is 0 Å². The van der Waals surface area contributed by atoms with E-state index in [9.17, 15) is 4.79 Å². The Kier molecular flexibility index (Phi) is 9.09. The van der Waals surface area contributed by atoms with Crippen LogP contribution in [0.1, 0.15) is 43.1 Å². The normalized spacial score (nSPS) is 11.5. The van der Waals surface area contributed by atoms with E-state index in [0.29, 0.717) is 32.4 Å². The number of rotatable bonds is 11. The summed E-state index contributed by atoms with van der Waals surface area (Å²) in [5.41, 5.74) is 1.70. The number of amides is 1. The summed E-state index contributed by atoms with van der Waals surface area (Å²) in [5, 5.41) is 2.96. The fourth-order valence-electron chi connectivity index (χ4n) is 2.43. The zero-order valence-corrected chi connectivity index (χ0v) is 15.7. The molecule has 0 fully saturated rings. The lowest BCUT2D eigenvalue weighted by Gasteiger charge is -2.28. The average molecular weight is 340 g/mol. The molecule has 6 heteroatoms. The SMILES string of the molecule is CCO[Si](CCCNC(=O)c1ccccc1C)(OCC)OCC. The van der Waals surface area contributed by atoms with E-state index in [2.05, 4.69) is 5.32 Å². The molecule has 0 radical (unpaired) electrons. The highest BCUT2D eigenvalue weighted by Crippen LogP contribution is 2.18. The van der Waals surface area contributed by atoms with Gasteiger partial charge in [-0.15, -0.1) is 0 Å². The fraction of sp³-hybridized carbons (Fsp3) is 0.588. The Morgan fingerprint density at radius 1 is 1.04 bits per heavy atom. The molecule has 1 aromatic rings. The number of benzene rings is 1. The molecule has 0 bridgehead atoms. The van der Waals surface area contributed by atoms with E-state index in [4.69, 9.17) is 13.3 Å². The van der Waals surface area contributed by atoms with Gasteiger partial charge < -0.3 is 18.6 Å². The molecule has 5 nitrogen and oxygen atoms in total. The van der Waals surface area contributed by atoms with Gasteiger partial charge in [-0.3, -0.25) is 4.79 Å². The zero-order valence-electron chi connectivity index (χ0n) is 14.7. The van der Waals surface area contributed by atoms with Crippen molar-refractivity contribution in [2.75, 3.05) is 26.4 Å². The van der Waals surface area contributed by atoms with Crippen molar-refractivity contribution in [2.24, 2.45) is 0 Å². The van der Waals surface area contributed by atoms with Crippen LogP contribution in [0.2, 0.25) is 6.04 Å². The highest BCUT2D eigenvalue weighted by molar-refractivity contribution is 6.60.